The molecule has 24 heavy (non-hydrogen) atoms. The van der Waals surface area contributed by atoms with Gasteiger partial charge in [-0.05, 0) is 40.5 Å². The molecule has 0 radical (unpaired) electrons. The normalized spacial score (nSPS) is 26.1. The Morgan fingerprint density at radius 1 is 1.25 bits per heavy atom. The molecule has 0 unspecified atom stereocenters. The fourth-order valence-corrected chi connectivity index (χ4v) is 3.76. The molecule has 7 heteroatoms. The number of halogens is 2. The summed E-state index contributed by atoms with van der Waals surface area (Å²) in [6, 6.07) is 4.50. The number of ketones is 1. The lowest BCUT2D eigenvalue weighted by molar-refractivity contribution is -0.136. The van der Waals surface area contributed by atoms with Gasteiger partial charge in [0.25, 0.3) is 0 Å². The maximum absolute atomic E-state index is 13.6. The van der Waals surface area contributed by atoms with Crippen molar-refractivity contribution >= 4 is 27.7 Å². The molecule has 0 fully saturated rings. The van der Waals surface area contributed by atoms with E-state index in [-0.39, 0.29) is 29.6 Å². The molecule has 124 valence electrons. The van der Waals surface area contributed by atoms with Crippen molar-refractivity contribution in [1.82, 2.24) is 5.32 Å². The van der Waals surface area contributed by atoms with Gasteiger partial charge in [0.15, 0.2) is 5.78 Å². The quantitative estimate of drug-likeness (QED) is 0.741. The average Bonchev–Trinajstić information content (AvgIpc) is 2.93. The van der Waals surface area contributed by atoms with Crippen molar-refractivity contribution in [2.75, 3.05) is 13.2 Å². The standard InChI is InChI=1S/C17H13BrFNO4/c1-7-16-15(12(21)6-23-7)13(8-2-3-10(19)9(18)4-8)14-11(20-16)5-24-17(14)22/h2-4,7,13,20H,5-6H2,1H3/t7-,13+/m0/s1. The number of esters is 1. The number of carbonyl (C=O) groups excluding carboxylic acids is 2. The molecule has 0 aliphatic carbocycles. The minimum atomic E-state index is -0.581. The Hall–Kier alpha value is -1.99. The van der Waals surface area contributed by atoms with Crippen LogP contribution in [0.4, 0.5) is 4.39 Å². The molecule has 2 atom stereocenters. The summed E-state index contributed by atoms with van der Waals surface area (Å²) in [6.45, 7) is 1.93. The SMILES string of the molecule is C[C@@H]1OCC(=O)C2=C1NC1=C(C(=O)OC1)[C@H]2c1ccc(F)c(Br)c1. The Bertz CT molecular complexity index is 845. The van der Waals surface area contributed by atoms with Gasteiger partial charge in [-0.3, -0.25) is 4.79 Å². The molecule has 3 aliphatic heterocycles. The first kappa shape index (κ1) is 15.5. The number of dihydropyridines is 1. The Morgan fingerprint density at radius 3 is 2.79 bits per heavy atom. The van der Waals surface area contributed by atoms with E-state index in [0.29, 0.717) is 28.1 Å². The van der Waals surface area contributed by atoms with Crippen LogP contribution in [0.2, 0.25) is 0 Å². The zero-order valence-corrected chi connectivity index (χ0v) is 14.3. The lowest BCUT2D eigenvalue weighted by Crippen LogP contribution is -2.40. The van der Waals surface area contributed by atoms with Gasteiger partial charge in [0, 0.05) is 11.5 Å². The number of hydrogen-bond acceptors (Lipinski definition) is 5. The van der Waals surface area contributed by atoms with Crippen molar-refractivity contribution in [3.05, 3.63) is 56.6 Å². The summed E-state index contributed by atoms with van der Waals surface area (Å²) in [5.74, 6) is -1.63. The van der Waals surface area contributed by atoms with E-state index in [0.717, 1.165) is 0 Å². The zero-order valence-electron chi connectivity index (χ0n) is 12.7. The van der Waals surface area contributed by atoms with E-state index in [1.54, 1.807) is 12.1 Å². The molecule has 0 aromatic heterocycles. The molecule has 0 saturated carbocycles. The van der Waals surface area contributed by atoms with E-state index < -0.39 is 17.7 Å². The number of Topliss-reactive ketones (excluding diaryl/α,β-unsaturated/α-hetero) is 1. The van der Waals surface area contributed by atoms with Crippen LogP contribution in [0.25, 0.3) is 0 Å². The number of ether oxygens (including phenoxy) is 2. The summed E-state index contributed by atoms with van der Waals surface area (Å²) in [5, 5.41) is 3.14. The Kier molecular flexibility index (Phi) is 3.58. The van der Waals surface area contributed by atoms with E-state index in [4.69, 9.17) is 9.47 Å². The Morgan fingerprint density at radius 2 is 2.04 bits per heavy atom. The van der Waals surface area contributed by atoms with Crippen molar-refractivity contribution in [1.29, 1.82) is 0 Å². The predicted molar refractivity (Wildman–Crippen MR) is 85.4 cm³/mol. The van der Waals surface area contributed by atoms with Gasteiger partial charge in [0.2, 0.25) is 0 Å². The molecule has 0 saturated heterocycles. The summed E-state index contributed by atoms with van der Waals surface area (Å²) in [7, 11) is 0. The topological polar surface area (TPSA) is 64.6 Å². The first-order valence-electron chi connectivity index (χ1n) is 7.48. The van der Waals surface area contributed by atoms with Crippen LogP contribution >= 0.6 is 15.9 Å². The van der Waals surface area contributed by atoms with E-state index >= 15 is 0 Å². The summed E-state index contributed by atoms with van der Waals surface area (Å²) >= 11 is 3.17. The van der Waals surface area contributed by atoms with E-state index in [1.165, 1.54) is 6.07 Å². The van der Waals surface area contributed by atoms with E-state index in [9.17, 15) is 14.0 Å². The second-order valence-corrected chi connectivity index (χ2v) is 6.76. The lowest BCUT2D eigenvalue weighted by atomic mass is 9.77. The van der Waals surface area contributed by atoms with Crippen molar-refractivity contribution in [2.24, 2.45) is 0 Å². The summed E-state index contributed by atoms with van der Waals surface area (Å²) in [4.78, 5) is 24.8. The highest BCUT2D eigenvalue weighted by molar-refractivity contribution is 9.10. The fraction of sp³-hybridized carbons (Fsp3) is 0.294. The van der Waals surface area contributed by atoms with Crippen molar-refractivity contribution in [3.63, 3.8) is 0 Å². The number of rotatable bonds is 1. The Labute approximate surface area is 145 Å². The third-order valence-corrected chi connectivity index (χ3v) is 5.10. The van der Waals surface area contributed by atoms with Gasteiger partial charge in [-0.1, -0.05) is 6.07 Å². The summed E-state index contributed by atoms with van der Waals surface area (Å²) in [5.41, 5.74) is 2.84. The van der Waals surface area contributed by atoms with Crippen LogP contribution < -0.4 is 5.32 Å². The van der Waals surface area contributed by atoms with Crippen LogP contribution in [0.5, 0.6) is 0 Å². The summed E-state index contributed by atoms with van der Waals surface area (Å²) in [6.07, 6.45) is -0.297. The molecule has 1 aromatic rings. The maximum Gasteiger partial charge on any atom is 0.337 e. The fourth-order valence-electron chi connectivity index (χ4n) is 3.36. The number of carbonyl (C=O) groups is 2. The third kappa shape index (κ3) is 2.22. The van der Waals surface area contributed by atoms with Gasteiger partial charge in [0.1, 0.15) is 19.0 Å². The molecule has 1 aromatic carbocycles. The lowest BCUT2D eigenvalue weighted by Gasteiger charge is -2.34. The predicted octanol–water partition coefficient (Wildman–Crippen LogP) is 2.33. The van der Waals surface area contributed by atoms with E-state index in [1.807, 2.05) is 6.92 Å². The second-order valence-electron chi connectivity index (χ2n) is 5.90. The first-order chi connectivity index (χ1) is 11.5. The molecule has 0 amide bonds. The van der Waals surface area contributed by atoms with Crippen LogP contribution in [0.15, 0.2) is 45.2 Å². The van der Waals surface area contributed by atoms with Gasteiger partial charge in [-0.15, -0.1) is 0 Å². The molecular formula is C17H13BrFNO4. The van der Waals surface area contributed by atoms with Gasteiger partial charge >= 0.3 is 5.97 Å². The average molecular weight is 394 g/mol. The van der Waals surface area contributed by atoms with Crippen molar-refractivity contribution < 1.29 is 23.5 Å². The highest BCUT2D eigenvalue weighted by Crippen LogP contribution is 2.44. The molecule has 1 N–H and O–H groups in total. The van der Waals surface area contributed by atoms with Crippen LogP contribution in [-0.4, -0.2) is 31.1 Å². The number of hydrogen-bond donors (Lipinski definition) is 1. The molecule has 0 bridgehead atoms. The Balaban J connectivity index is 1.93. The molecule has 3 aliphatic rings. The van der Waals surface area contributed by atoms with E-state index in [2.05, 4.69) is 21.2 Å². The molecular weight excluding hydrogens is 381 g/mol. The summed E-state index contributed by atoms with van der Waals surface area (Å²) < 4.78 is 24.5. The van der Waals surface area contributed by atoms with Gasteiger partial charge in [0.05, 0.1) is 27.5 Å². The molecule has 5 nitrogen and oxygen atoms in total. The smallest absolute Gasteiger partial charge is 0.337 e. The van der Waals surface area contributed by atoms with Gasteiger partial charge in [-0.2, -0.15) is 0 Å². The van der Waals surface area contributed by atoms with Crippen LogP contribution in [-0.2, 0) is 19.1 Å². The third-order valence-electron chi connectivity index (χ3n) is 4.49. The number of cyclic esters (lactones) is 1. The molecule has 0 spiro atoms. The highest BCUT2D eigenvalue weighted by atomic mass is 79.9. The van der Waals surface area contributed by atoms with Gasteiger partial charge in [-0.25, -0.2) is 9.18 Å². The van der Waals surface area contributed by atoms with Crippen molar-refractivity contribution in [2.45, 2.75) is 18.9 Å². The van der Waals surface area contributed by atoms with Crippen LogP contribution in [0.3, 0.4) is 0 Å². The van der Waals surface area contributed by atoms with Crippen molar-refractivity contribution in [3.8, 4) is 0 Å². The maximum atomic E-state index is 13.6. The van der Waals surface area contributed by atoms with Crippen LogP contribution in [0.1, 0.15) is 18.4 Å². The van der Waals surface area contributed by atoms with Gasteiger partial charge < -0.3 is 14.8 Å². The highest BCUT2D eigenvalue weighted by Gasteiger charge is 2.44. The number of benzene rings is 1. The molecule has 3 heterocycles. The minimum absolute atomic E-state index is 0.0434. The minimum Gasteiger partial charge on any atom is -0.456 e. The first-order valence-corrected chi connectivity index (χ1v) is 8.27. The number of nitrogens with one attached hydrogen (secondary N) is 1. The largest absolute Gasteiger partial charge is 0.456 e. The second kappa shape index (κ2) is 5.53. The monoisotopic (exact) mass is 393 g/mol. The zero-order chi connectivity index (χ0) is 17.0. The molecule has 4 rings (SSSR count). The van der Waals surface area contributed by atoms with Crippen LogP contribution in [0, 0.1) is 5.82 Å².